The van der Waals surface area contributed by atoms with Crippen molar-refractivity contribution in [2.24, 2.45) is 0 Å². The van der Waals surface area contributed by atoms with Gasteiger partial charge in [-0.3, -0.25) is 10.1 Å². The zero-order valence-electron chi connectivity index (χ0n) is 9.71. The molecular formula is C10H13F2N3O3. The van der Waals surface area contributed by atoms with Crippen LogP contribution in [0.3, 0.4) is 0 Å². The van der Waals surface area contributed by atoms with Crippen LogP contribution in [0.5, 0.6) is 0 Å². The van der Waals surface area contributed by atoms with Crippen molar-refractivity contribution in [3.63, 3.8) is 0 Å². The third kappa shape index (κ3) is 3.59. The molecule has 0 radical (unpaired) electrons. The summed E-state index contributed by atoms with van der Waals surface area (Å²) in [4.78, 5) is 14.9. The minimum absolute atomic E-state index is 0.00398. The molecule has 100 valence electrons. The highest BCUT2D eigenvalue weighted by molar-refractivity contribution is 5.50. The maximum Gasteiger partial charge on any atom is 0.287 e. The van der Waals surface area contributed by atoms with E-state index in [0.29, 0.717) is 5.56 Å². The summed E-state index contributed by atoms with van der Waals surface area (Å²) in [7, 11) is 0. The number of aliphatic hydroxyl groups is 1. The molecule has 0 aromatic carbocycles. The van der Waals surface area contributed by atoms with Crippen molar-refractivity contribution >= 4 is 11.5 Å². The van der Waals surface area contributed by atoms with Gasteiger partial charge >= 0.3 is 0 Å². The van der Waals surface area contributed by atoms with E-state index >= 15 is 0 Å². The maximum atomic E-state index is 12.4. The van der Waals surface area contributed by atoms with E-state index in [9.17, 15) is 18.9 Å². The first-order valence-electron chi connectivity index (χ1n) is 5.20. The predicted octanol–water partition coefficient (Wildman–Crippen LogP) is 1.36. The molecular weight excluding hydrogens is 248 g/mol. The van der Waals surface area contributed by atoms with E-state index in [0.717, 1.165) is 6.20 Å². The Hall–Kier alpha value is -1.83. The normalized spacial score (nSPS) is 10.7. The molecule has 6 nitrogen and oxygen atoms in total. The second-order valence-corrected chi connectivity index (χ2v) is 3.65. The van der Waals surface area contributed by atoms with Crippen molar-refractivity contribution in [2.45, 2.75) is 13.3 Å². The predicted molar refractivity (Wildman–Crippen MR) is 60.9 cm³/mol. The first-order chi connectivity index (χ1) is 8.45. The number of pyridine rings is 1. The number of aryl methyl sites for hydroxylation is 1. The van der Waals surface area contributed by atoms with Crippen LogP contribution in [0.25, 0.3) is 0 Å². The molecule has 0 spiro atoms. The summed E-state index contributed by atoms with van der Waals surface area (Å²) in [6.07, 6.45) is -1.56. The summed E-state index contributed by atoms with van der Waals surface area (Å²) < 4.78 is 24.7. The summed E-state index contributed by atoms with van der Waals surface area (Å²) in [5.41, 5.74) is 0.218. The average molecular weight is 261 g/mol. The molecule has 1 aromatic heterocycles. The lowest BCUT2D eigenvalue weighted by Gasteiger charge is -2.23. The van der Waals surface area contributed by atoms with Gasteiger partial charge in [0.15, 0.2) is 0 Å². The first-order valence-corrected chi connectivity index (χ1v) is 5.20. The van der Waals surface area contributed by atoms with Crippen molar-refractivity contribution in [2.75, 3.05) is 24.6 Å². The summed E-state index contributed by atoms with van der Waals surface area (Å²) in [6.45, 7) is 0.665. The van der Waals surface area contributed by atoms with Gasteiger partial charge in [0.25, 0.3) is 12.1 Å². The number of anilines is 1. The first kappa shape index (κ1) is 14.2. The lowest BCUT2D eigenvalue weighted by atomic mass is 10.2. The number of hydrogen-bond donors (Lipinski definition) is 1. The highest BCUT2D eigenvalue weighted by Crippen LogP contribution is 2.22. The van der Waals surface area contributed by atoms with Crippen LogP contribution in [-0.2, 0) is 0 Å². The second-order valence-electron chi connectivity index (χ2n) is 3.65. The van der Waals surface area contributed by atoms with Crippen LogP contribution in [0.15, 0.2) is 12.3 Å². The molecule has 0 atom stereocenters. The fourth-order valence-corrected chi connectivity index (χ4v) is 1.55. The number of aliphatic hydroxyl groups excluding tert-OH is 1. The molecule has 0 amide bonds. The fraction of sp³-hybridized carbons (Fsp3) is 0.500. The van der Waals surface area contributed by atoms with Gasteiger partial charge in [-0.05, 0) is 12.5 Å². The van der Waals surface area contributed by atoms with Crippen LogP contribution in [0, 0.1) is 17.0 Å². The summed E-state index contributed by atoms with van der Waals surface area (Å²) in [5, 5.41) is 19.4. The largest absolute Gasteiger partial charge is 0.395 e. The van der Waals surface area contributed by atoms with Gasteiger partial charge in [0.05, 0.1) is 18.1 Å². The molecule has 0 aliphatic heterocycles. The Labute approximate surface area is 102 Å². The molecule has 0 aliphatic carbocycles. The Balaban J connectivity index is 3.01. The van der Waals surface area contributed by atoms with Crippen LogP contribution >= 0.6 is 0 Å². The van der Waals surface area contributed by atoms with Crippen LogP contribution < -0.4 is 4.90 Å². The topological polar surface area (TPSA) is 79.5 Å². The van der Waals surface area contributed by atoms with Gasteiger partial charge in [-0.15, -0.1) is 0 Å². The van der Waals surface area contributed by atoms with Crippen LogP contribution in [0.2, 0.25) is 0 Å². The number of nitro groups is 1. The van der Waals surface area contributed by atoms with Gasteiger partial charge in [-0.2, -0.15) is 0 Å². The fourth-order valence-electron chi connectivity index (χ4n) is 1.55. The maximum absolute atomic E-state index is 12.4. The van der Waals surface area contributed by atoms with Crippen LogP contribution in [0.1, 0.15) is 5.56 Å². The Morgan fingerprint density at radius 2 is 2.28 bits per heavy atom. The number of nitrogens with zero attached hydrogens (tertiary/aromatic N) is 3. The molecule has 1 heterocycles. The number of aromatic nitrogens is 1. The molecule has 0 aliphatic rings. The highest BCUT2D eigenvalue weighted by atomic mass is 19.3. The molecule has 1 aromatic rings. The molecule has 0 bridgehead atoms. The quantitative estimate of drug-likeness (QED) is 0.617. The zero-order chi connectivity index (χ0) is 13.7. The third-order valence-electron chi connectivity index (χ3n) is 2.27. The third-order valence-corrected chi connectivity index (χ3v) is 2.27. The summed E-state index contributed by atoms with van der Waals surface area (Å²) in [6, 6.07) is 1.26. The SMILES string of the molecule is Cc1cc([N+](=O)[O-])cnc1N(CCO)CC(F)F. The van der Waals surface area contributed by atoms with Crippen LogP contribution in [0.4, 0.5) is 20.3 Å². The Bertz CT molecular complexity index is 429. The van der Waals surface area contributed by atoms with Gasteiger partial charge in [-0.1, -0.05) is 0 Å². The minimum atomic E-state index is -2.58. The smallest absolute Gasteiger partial charge is 0.287 e. The zero-order valence-corrected chi connectivity index (χ0v) is 9.71. The lowest BCUT2D eigenvalue weighted by Crippen LogP contribution is -2.32. The minimum Gasteiger partial charge on any atom is -0.395 e. The Morgan fingerprint density at radius 3 is 2.72 bits per heavy atom. The van der Waals surface area contributed by atoms with E-state index in [4.69, 9.17) is 5.11 Å². The standard InChI is InChI=1S/C10H13F2N3O3/c1-7-4-8(15(17)18)5-13-10(7)14(2-3-16)6-9(11)12/h4-5,9,16H,2-3,6H2,1H3. The van der Waals surface area contributed by atoms with Gasteiger partial charge in [0.2, 0.25) is 0 Å². The molecule has 1 rings (SSSR count). The van der Waals surface area contributed by atoms with Crippen molar-refractivity contribution in [1.29, 1.82) is 0 Å². The molecule has 1 N–H and O–H groups in total. The van der Waals surface area contributed by atoms with E-state index in [-0.39, 0.29) is 24.7 Å². The van der Waals surface area contributed by atoms with E-state index < -0.39 is 17.9 Å². The average Bonchev–Trinajstić information content (AvgIpc) is 2.27. The highest BCUT2D eigenvalue weighted by Gasteiger charge is 2.17. The van der Waals surface area contributed by atoms with Gasteiger partial charge in [-0.25, -0.2) is 13.8 Å². The summed E-state index contributed by atoms with van der Waals surface area (Å²) >= 11 is 0. The number of alkyl halides is 2. The van der Waals surface area contributed by atoms with Crippen molar-refractivity contribution in [1.82, 2.24) is 4.98 Å². The van der Waals surface area contributed by atoms with Gasteiger partial charge in [0.1, 0.15) is 12.0 Å². The number of halogens is 2. The summed E-state index contributed by atoms with van der Waals surface area (Å²) in [5.74, 6) is 0.218. The molecule has 0 saturated heterocycles. The van der Waals surface area contributed by atoms with Crippen molar-refractivity contribution < 1.29 is 18.8 Å². The Kier molecular flexibility index (Phi) is 4.90. The van der Waals surface area contributed by atoms with E-state index in [1.807, 2.05) is 0 Å². The Morgan fingerprint density at radius 1 is 1.61 bits per heavy atom. The van der Waals surface area contributed by atoms with E-state index in [1.54, 1.807) is 6.92 Å². The van der Waals surface area contributed by atoms with Crippen molar-refractivity contribution in [3.05, 3.63) is 27.9 Å². The van der Waals surface area contributed by atoms with Gasteiger partial charge in [0, 0.05) is 12.6 Å². The second kappa shape index (κ2) is 6.20. The van der Waals surface area contributed by atoms with Crippen LogP contribution in [-0.4, -0.2) is 41.1 Å². The number of hydrogen-bond acceptors (Lipinski definition) is 5. The molecule has 18 heavy (non-hydrogen) atoms. The molecule has 8 heteroatoms. The molecule has 0 saturated carbocycles. The lowest BCUT2D eigenvalue weighted by molar-refractivity contribution is -0.385. The van der Waals surface area contributed by atoms with E-state index in [1.165, 1.54) is 11.0 Å². The van der Waals surface area contributed by atoms with Crippen molar-refractivity contribution in [3.8, 4) is 0 Å². The molecule has 0 fully saturated rings. The number of rotatable bonds is 6. The molecule has 0 unspecified atom stereocenters. The van der Waals surface area contributed by atoms with E-state index in [2.05, 4.69) is 4.98 Å². The van der Waals surface area contributed by atoms with Gasteiger partial charge < -0.3 is 10.0 Å². The monoisotopic (exact) mass is 261 g/mol.